The van der Waals surface area contributed by atoms with Gasteiger partial charge in [-0.1, -0.05) is 30.4 Å². The molecule has 10 heteroatoms. The molecule has 2 aromatic carbocycles. The molecule has 1 atom stereocenters. The molecule has 0 spiro atoms. The smallest absolute Gasteiger partial charge is 0.350 e. The summed E-state index contributed by atoms with van der Waals surface area (Å²) < 4.78 is 15.8. The van der Waals surface area contributed by atoms with Crippen LogP contribution in [0, 0.1) is 13.8 Å². The molecule has 1 saturated heterocycles. The highest BCUT2D eigenvalue weighted by Crippen LogP contribution is 2.44. The average Bonchev–Trinajstić information content (AvgIpc) is 3.43. The first-order valence-corrected chi connectivity index (χ1v) is 12.8. The number of hydrogen-bond acceptors (Lipinski definition) is 9. The number of rotatable bonds is 8. The number of ether oxygens (including phenoxy) is 3. The van der Waals surface area contributed by atoms with Gasteiger partial charge in [0.1, 0.15) is 22.1 Å². The van der Waals surface area contributed by atoms with Crippen molar-refractivity contribution in [1.29, 1.82) is 0 Å². The van der Waals surface area contributed by atoms with Crippen LogP contribution in [0.15, 0.2) is 48.0 Å². The van der Waals surface area contributed by atoms with Crippen molar-refractivity contribution in [3.63, 3.8) is 0 Å². The minimum Gasteiger partial charge on any atom is -0.507 e. The second-order valence-corrected chi connectivity index (χ2v) is 9.65. The maximum Gasteiger partial charge on any atom is 0.350 e. The number of amides is 1. The van der Waals surface area contributed by atoms with Crippen molar-refractivity contribution in [2.75, 3.05) is 25.7 Å². The Morgan fingerprint density at radius 1 is 1.11 bits per heavy atom. The highest BCUT2D eigenvalue weighted by molar-refractivity contribution is 7.17. The highest BCUT2D eigenvalue weighted by atomic mass is 32.1. The monoisotopic (exact) mass is 536 g/mol. The lowest BCUT2D eigenvalue weighted by atomic mass is 9.95. The highest BCUT2D eigenvalue weighted by Gasteiger charge is 2.48. The molecule has 2 heterocycles. The number of anilines is 1. The van der Waals surface area contributed by atoms with Crippen LogP contribution in [0.4, 0.5) is 5.13 Å². The first-order valence-electron chi connectivity index (χ1n) is 12.0. The topological polar surface area (TPSA) is 115 Å². The lowest BCUT2D eigenvalue weighted by Gasteiger charge is -2.23. The zero-order valence-corrected chi connectivity index (χ0v) is 22.5. The molecular weight excluding hydrogens is 508 g/mol. The van der Waals surface area contributed by atoms with Gasteiger partial charge in [-0.25, -0.2) is 9.78 Å². The van der Waals surface area contributed by atoms with E-state index in [1.807, 2.05) is 13.8 Å². The molecule has 4 rings (SSSR count). The second kappa shape index (κ2) is 11.1. The maximum absolute atomic E-state index is 13.4. The van der Waals surface area contributed by atoms with Crippen LogP contribution in [-0.2, 0) is 14.3 Å². The van der Waals surface area contributed by atoms with Crippen LogP contribution in [0.2, 0.25) is 0 Å². The fraction of sp³-hybridized carbons (Fsp3) is 0.286. The summed E-state index contributed by atoms with van der Waals surface area (Å²) in [6.45, 7) is 6.02. The first-order chi connectivity index (χ1) is 18.2. The normalized spacial score (nSPS) is 16.6. The Bertz CT molecular complexity index is 1430. The van der Waals surface area contributed by atoms with Gasteiger partial charge in [-0.15, -0.1) is 0 Å². The summed E-state index contributed by atoms with van der Waals surface area (Å²) in [7, 11) is 2.79. The number of aliphatic hydroxyl groups is 1. The number of esters is 1. The van der Waals surface area contributed by atoms with Crippen LogP contribution < -0.4 is 14.4 Å². The van der Waals surface area contributed by atoms with Gasteiger partial charge in [0.25, 0.3) is 5.78 Å². The number of aryl methyl sites for hydroxylation is 2. The number of methoxy groups -OCH3 is 2. The summed E-state index contributed by atoms with van der Waals surface area (Å²) in [5.74, 6) is -1.38. The zero-order valence-electron chi connectivity index (χ0n) is 21.7. The number of aromatic nitrogens is 1. The number of benzene rings is 2. The lowest BCUT2D eigenvalue weighted by Crippen LogP contribution is -2.29. The number of aliphatic hydroxyl groups excluding tert-OH is 1. The number of ketones is 1. The van der Waals surface area contributed by atoms with Crippen molar-refractivity contribution < 1.29 is 33.7 Å². The fourth-order valence-electron chi connectivity index (χ4n) is 4.22. The van der Waals surface area contributed by atoms with E-state index in [9.17, 15) is 19.5 Å². The van der Waals surface area contributed by atoms with Crippen LogP contribution in [0.5, 0.6) is 11.5 Å². The molecule has 198 valence electrons. The average molecular weight is 537 g/mol. The van der Waals surface area contributed by atoms with Gasteiger partial charge in [0.2, 0.25) is 0 Å². The van der Waals surface area contributed by atoms with Gasteiger partial charge in [-0.3, -0.25) is 14.5 Å². The van der Waals surface area contributed by atoms with Gasteiger partial charge in [0.05, 0.1) is 38.1 Å². The fourth-order valence-corrected chi connectivity index (χ4v) is 5.24. The summed E-state index contributed by atoms with van der Waals surface area (Å²) >= 11 is 0.945. The predicted octanol–water partition coefficient (Wildman–Crippen LogP) is 4.97. The van der Waals surface area contributed by atoms with Crippen LogP contribution in [0.25, 0.3) is 5.76 Å². The Labute approximate surface area is 224 Å². The van der Waals surface area contributed by atoms with Crippen molar-refractivity contribution in [1.82, 2.24) is 4.98 Å². The van der Waals surface area contributed by atoms with E-state index >= 15 is 0 Å². The Morgan fingerprint density at radius 2 is 1.82 bits per heavy atom. The minimum absolute atomic E-state index is 0.0886. The molecule has 38 heavy (non-hydrogen) atoms. The van der Waals surface area contributed by atoms with E-state index in [1.165, 1.54) is 19.1 Å². The Kier molecular flexibility index (Phi) is 7.82. The molecule has 1 N–H and O–H groups in total. The van der Waals surface area contributed by atoms with E-state index in [4.69, 9.17) is 14.2 Å². The van der Waals surface area contributed by atoms with Crippen LogP contribution in [0.1, 0.15) is 51.4 Å². The molecule has 1 amide bonds. The number of carbonyl (C=O) groups excluding carboxylic acids is 3. The molecule has 1 aliphatic rings. The largest absolute Gasteiger partial charge is 0.507 e. The number of nitrogens with zero attached hydrogens (tertiary/aromatic N) is 2. The van der Waals surface area contributed by atoms with E-state index in [1.54, 1.807) is 49.4 Å². The third kappa shape index (κ3) is 4.87. The quantitative estimate of drug-likeness (QED) is 0.186. The van der Waals surface area contributed by atoms with E-state index in [-0.39, 0.29) is 21.3 Å². The van der Waals surface area contributed by atoms with E-state index in [0.717, 1.165) is 23.3 Å². The summed E-state index contributed by atoms with van der Waals surface area (Å²) in [4.78, 5) is 44.9. The van der Waals surface area contributed by atoms with Gasteiger partial charge < -0.3 is 19.3 Å². The molecule has 1 unspecified atom stereocenters. The second-order valence-electron chi connectivity index (χ2n) is 8.67. The lowest BCUT2D eigenvalue weighted by molar-refractivity contribution is -0.132. The van der Waals surface area contributed by atoms with Gasteiger partial charge >= 0.3 is 11.9 Å². The molecule has 1 fully saturated rings. The maximum atomic E-state index is 13.4. The molecule has 0 saturated carbocycles. The SMILES string of the molecule is CCCOc1ccc(/C(O)=C2\C(=O)C(=O)N(c3nc(C)c(C(=O)OC)s3)C2c2ccc(OC)cc2)cc1C. The van der Waals surface area contributed by atoms with Crippen molar-refractivity contribution in [2.45, 2.75) is 33.2 Å². The molecule has 9 nitrogen and oxygen atoms in total. The molecule has 3 aromatic rings. The van der Waals surface area contributed by atoms with Crippen LogP contribution in [-0.4, -0.2) is 48.6 Å². The summed E-state index contributed by atoms with van der Waals surface area (Å²) in [6, 6.07) is 10.9. The predicted molar refractivity (Wildman–Crippen MR) is 143 cm³/mol. The number of carbonyl (C=O) groups is 3. The van der Waals surface area contributed by atoms with Crippen molar-refractivity contribution in [3.8, 4) is 11.5 Å². The summed E-state index contributed by atoms with van der Waals surface area (Å²) in [6.07, 6.45) is 0.848. The molecule has 0 radical (unpaired) electrons. The van der Waals surface area contributed by atoms with Crippen LogP contribution >= 0.6 is 11.3 Å². The number of Topliss-reactive ketones (excluding diaryl/α,β-unsaturated/α-hetero) is 1. The standard InChI is InChI=1S/C28H28N2O7S/c1-6-13-37-20-12-9-18(14-15(20)2)23(31)21-22(17-7-10-19(35-4)11-8-17)30(26(33)24(21)32)28-29-16(3)25(38-28)27(34)36-5/h7-12,14,22,31H,6,13H2,1-5H3/b23-21+. The molecule has 0 aliphatic carbocycles. The third-order valence-corrected chi connectivity index (χ3v) is 7.28. The van der Waals surface area contributed by atoms with Gasteiger partial charge in [-0.05, 0) is 61.7 Å². The number of thiazole rings is 1. The van der Waals surface area contributed by atoms with Gasteiger partial charge in [-0.2, -0.15) is 0 Å². The molecule has 1 aliphatic heterocycles. The summed E-state index contributed by atoms with van der Waals surface area (Å²) in [5, 5.41) is 11.5. The van der Waals surface area contributed by atoms with Crippen molar-refractivity contribution in [2.24, 2.45) is 0 Å². The van der Waals surface area contributed by atoms with Gasteiger partial charge in [0.15, 0.2) is 5.13 Å². The third-order valence-electron chi connectivity index (χ3n) is 6.15. The Balaban J connectivity index is 1.88. The van der Waals surface area contributed by atoms with Gasteiger partial charge in [0, 0.05) is 5.56 Å². The summed E-state index contributed by atoms with van der Waals surface area (Å²) in [5.41, 5.74) is 1.97. The number of hydrogen-bond donors (Lipinski definition) is 1. The molecule has 0 bridgehead atoms. The van der Waals surface area contributed by atoms with Crippen LogP contribution in [0.3, 0.4) is 0 Å². The Morgan fingerprint density at radius 3 is 2.42 bits per heavy atom. The zero-order chi connectivity index (χ0) is 27.6. The van der Waals surface area contributed by atoms with E-state index in [0.29, 0.717) is 34.9 Å². The molecule has 1 aromatic heterocycles. The van der Waals surface area contributed by atoms with Crippen molar-refractivity contribution >= 4 is 39.9 Å². The Hall–Kier alpha value is -4.18. The minimum atomic E-state index is -0.992. The van der Waals surface area contributed by atoms with E-state index in [2.05, 4.69) is 4.98 Å². The molecular formula is C28H28N2O7S. The van der Waals surface area contributed by atoms with Crippen molar-refractivity contribution in [3.05, 3.63) is 75.3 Å². The van der Waals surface area contributed by atoms with E-state index < -0.39 is 23.7 Å². The first kappa shape index (κ1) is 26.9.